The quantitative estimate of drug-likeness (QED) is 0.665. The molecule has 2 N–H and O–H groups in total. The maximum absolute atomic E-state index is 13.3. The molecule has 1 fully saturated rings. The second-order valence-corrected chi connectivity index (χ2v) is 8.51. The van der Waals surface area contributed by atoms with Crippen LogP contribution >= 0.6 is 11.3 Å². The lowest BCUT2D eigenvalue weighted by Gasteiger charge is -2.40. The molecule has 3 aromatic rings. The second kappa shape index (κ2) is 8.85. The molecule has 1 saturated heterocycles. The number of amides is 2. The van der Waals surface area contributed by atoms with Gasteiger partial charge in [0.2, 0.25) is 11.9 Å². The van der Waals surface area contributed by atoms with Crippen molar-refractivity contribution in [2.24, 2.45) is 0 Å². The smallest absolute Gasteiger partial charge is 0.273 e. The molecule has 4 rings (SSSR count). The van der Waals surface area contributed by atoms with Gasteiger partial charge in [0.1, 0.15) is 11.7 Å². The van der Waals surface area contributed by atoms with Crippen LogP contribution < -0.4 is 5.73 Å². The highest BCUT2D eigenvalue weighted by molar-refractivity contribution is 7.13. The first-order chi connectivity index (χ1) is 15.0. The average molecular weight is 436 g/mol. The number of piperazine rings is 1. The first-order valence-corrected chi connectivity index (χ1v) is 11.2. The average Bonchev–Trinajstić information content (AvgIpc) is 3.29. The molecule has 31 heavy (non-hydrogen) atoms. The summed E-state index contributed by atoms with van der Waals surface area (Å²) in [6.45, 7) is 5.31. The van der Waals surface area contributed by atoms with E-state index in [4.69, 9.17) is 5.73 Å². The number of aromatic nitrogens is 2. The summed E-state index contributed by atoms with van der Waals surface area (Å²) < 4.78 is 0. The Kier molecular flexibility index (Phi) is 5.99. The van der Waals surface area contributed by atoms with Gasteiger partial charge in [0.15, 0.2) is 0 Å². The molecule has 7 nitrogen and oxygen atoms in total. The van der Waals surface area contributed by atoms with Crippen LogP contribution in [0.1, 0.15) is 28.7 Å². The van der Waals surface area contributed by atoms with Crippen LogP contribution in [0.5, 0.6) is 0 Å². The summed E-state index contributed by atoms with van der Waals surface area (Å²) in [5.41, 5.74) is 8.74. The Labute approximate surface area is 185 Å². The van der Waals surface area contributed by atoms with Crippen molar-refractivity contribution in [2.45, 2.75) is 26.3 Å². The van der Waals surface area contributed by atoms with E-state index in [1.807, 2.05) is 30.5 Å². The summed E-state index contributed by atoms with van der Waals surface area (Å²) in [4.78, 5) is 39.2. The van der Waals surface area contributed by atoms with E-state index >= 15 is 0 Å². The van der Waals surface area contributed by atoms with E-state index in [9.17, 15) is 9.59 Å². The molecule has 0 spiro atoms. The third kappa shape index (κ3) is 4.44. The third-order valence-electron chi connectivity index (χ3n) is 5.51. The minimum Gasteiger partial charge on any atom is -0.368 e. The predicted molar refractivity (Wildman–Crippen MR) is 122 cm³/mol. The van der Waals surface area contributed by atoms with Crippen LogP contribution in [0, 0.1) is 6.92 Å². The SMILES string of the molecule is CCN1CCN(C(=O)c2cc(C)nc(N)n2)[C@@H](Cc2ccc(-c3cccs3)cc2)C1=O. The molecule has 0 radical (unpaired) electrons. The number of carbonyl (C=O) groups excluding carboxylic acids is 2. The van der Waals surface area contributed by atoms with Crippen LogP contribution in [-0.4, -0.2) is 57.3 Å². The number of hydrogen-bond acceptors (Lipinski definition) is 6. The summed E-state index contributed by atoms with van der Waals surface area (Å²) in [6.07, 6.45) is 0.450. The highest BCUT2D eigenvalue weighted by atomic mass is 32.1. The number of thiophene rings is 1. The standard InChI is InChI=1S/C23H25N5O2S/c1-3-27-10-11-28(21(29)18-13-15(2)25-23(24)26-18)19(22(27)30)14-16-6-8-17(9-7-16)20-5-4-12-31-20/h4-9,12-13,19H,3,10-11,14H2,1-2H3,(H2,24,25,26)/t19-/m0/s1. The maximum atomic E-state index is 13.3. The lowest BCUT2D eigenvalue weighted by Crippen LogP contribution is -2.59. The summed E-state index contributed by atoms with van der Waals surface area (Å²) >= 11 is 1.69. The first kappa shape index (κ1) is 21.0. The molecular formula is C23H25N5O2S. The second-order valence-electron chi connectivity index (χ2n) is 7.56. The van der Waals surface area contributed by atoms with Gasteiger partial charge in [-0.2, -0.15) is 0 Å². The van der Waals surface area contributed by atoms with Crippen molar-refractivity contribution in [3.8, 4) is 10.4 Å². The van der Waals surface area contributed by atoms with Crippen LogP contribution in [0.3, 0.4) is 0 Å². The molecule has 1 aromatic carbocycles. The number of nitrogens with two attached hydrogens (primary N) is 1. The van der Waals surface area contributed by atoms with E-state index in [-0.39, 0.29) is 23.5 Å². The molecule has 3 heterocycles. The molecule has 1 aliphatic heterocycles. The maximum Gasteiger partial charge on any atom is 0.273 e. The Morgan fingerprint density at radius 1 is 1.19 bits per heavy atom. The van der Waals surface area contributed by atoms with E-state index in [1.165, 1.54) is 4.88 Å². The van der Waals surface area contributed by atoms with Gasteiger partial charge in [-0.15, -0.1) is 11.3 Å². The van der Waals surface area contributed by atoms with E-state index < -0.39 is 6.04 Å². The van der Waals surface area contributed by atoms with E-state index in [2.05, 4.69) is 28.2 Å². The number of benzene rings is 1. The highest BCUT2D eigenvalue weighted by Gasteiger charge is 2.37. The van der Waals surface area contributed by atoms with Crippen molar-refractivity contribution in [3.63, 3.8) is 0 Å². The van der Waals surface area contributed by atoms with Crippen molar-refractivity contribution < 1.29 is 9.59 Å². The number of anilines is 1. The van der Waals surface area contributed by atoms with Gasteiger partial charge in [-0.05, 0) is 42.5 Å². The van der Waals surface area contributed by atoms with Gasteiger partial charge in [0, 0.05) is 36.6 Å². The molecule has 1 aliphatic rings. The Morgan fingerprint density at radius 3 is 2.61 bits per heavy atom. The number of carbonyl (C=O) groups is 2. The molecule has 1 atom stereocenters. The van der Waals surface area contributed by atoms with Gasteiger partial charge < -0.3 is 15.5 Å². The number of aryl methyl sites for hydroxylation is 1. The molecule has 0 unspecified atom stereocenters. The van der Waals surface area contributed by atoms with Crippen molar-refractivity contribution in [1.29, 1.82) is 0 Å². The van der Waals surface area contributed by atoms with Gasteiger partial charge >= 0.3 is 0 Å². The molecule has 0 saturated carbocycles. The van der Waals surface area contributed by atoms with Crippen molar-refractivity contribution in [3.05, 3.63) is 64.8 Å². The van der Waals surface area contributed by atoms with E-state index in [0.717, 1.165) is 11.1 Å². The lowest BCUT2D eigenvalue weighted by molar-refractivity contribution is -0.139. The first-order valence-electron chi connectivity index (χ1n) is 10.3. The molecular weight excluding hydrogens is 410 g/mol. The Hall–Kier alpha value is -3.26. The number of nitrogens with zero attached hydrogens (tertiary/aromatic N) is 4. The molecule has 2 amide bonds. The monoisotopic (exact) mass is 435 g/mol. The molecule has 0 bridgehead atoms. The number of likely N-dealkylation sites (N-methyl/N-ethyl adjacent to an activating group) is 1. The van der Waals surface area contributed by atoms with Gasteiger partial charge in [0.05, 0.1) is 0 Å². The lowest BCUT2D eigenvalue weighted by atomic mass is 9.99. The summed E-state index contributed by atoms with van der Waals surface area (Å²) in [5, 5.41) is 2.05. The van der Waals surface area contributed by atoms with Gasteiger partial charge in [-0.3, -0.25) is 9.59 Å². The summed E-state index contributed by atoms with van der Waals surface area (Å²) in [5.74, 6) is -0.271. The van der Waals surface area contributed by atoms with Crippen molar-refractivity contribution >= 4 is 29.1 Å². The third-order valence-corrected chi connectivity index (χ3v) is 6.42. The minimum atomic E-state index is -0.578. The summed E-state index contributed by atoms with van der Waals surface area (Å²) in [6, 6.07) is 13.3. The number of hydrogen-bond donors (Lipinski definition) is 1. The normalized spacial score (nSPS) is 16.6. The van der Waals surface area contributed by atoms with Crippen LogP contribution in [0.4, 0.5) is 5.95 Å². The Morgan fingerprint density at radius 2 is 1.97 bits per heavy atom. The fraction of sp³-hybridized carbons (Fsp3) is 0.304. The highest BCUT2D eigenvalue weighted by Crippen LogP contribution is 2.26. The van der Waals surface area contributed by atoms with Crippen LogP contribution in [0.15, 0.2) is 47.8 Å². The number of nitrogen functional groups attached to an aromatic ring is 1. The fourth-order valence-corrected chi connectivity index (χ4v) is 4.65. The topological polar surface area (TPSA) is 92.4 Å². The van der Waals surface area contributed by atoms with Crippen LogP contribution in [0.25, 0.3) is 10.4 Å². The Balaban J connectivity index is 1.60. The van der Waals surface area contributed by atoms with Gasteiger partial charge in [-0.25, -0.2) is 9.97 Å². The molecule has 2 aromatic heterocycles. The van der Waals surface area contributed by atoms with E-state index in [0.29, 0.717) is 31.7 Å². The zero-order valence-electron chi connectivity index (χ0n) is 17.6. The Bertz CT molecular complexity index is 1060. The van der Waals surface area contributed by atoms with Crippen LogP contribution in [-0.2, 0) is 11.2 Å². The van der Waals surface area contributed by atoms with Gasteiger partial charge in [-0.1, -0.05) is 30.3 Å². The predicted octanol–water partition coefficient (Wildman–Crippen LogP) is 3.01. The van der Waals surface area contributed by atoms with E-state index in [1.54, 1.807) is 34.1 Å². The van der Waals surface area contributed by atoms with Crippen molar-refractivity contribution in [2.75, 3.05) is 25.4 Å². The molecule has 0 aliphatic carbocycles. The van der Waals surface area contributed by atoms with Crippen molar-refractivity contribution in [1.82, 2.24) is 19.8 Å². The minimum absolute atomic E-state index is 0.0387. The van der Waals surface area contributed by atoms with Crippen LogP contribution in [0.2, 0.25) is 0 Å². The largest absolute Gasteiger partial charge is 0.368 e. The summed E-state index contributed by atoms with van der Waals surface area (Å²) in [7, 11) is 0. The molecule has 160 valence electrons. The van der Waals surface area contributed by atoms with Gasteiger partial charge in [0.25, 0.3) is 5.91 Å². The number of rotatable bonds is 5. The molecule has 8 heteroatoms. The zero-order valence-corrected chi connectivity index (χ0v) is 18.4. The zero-order chi connectivity index (χ0) is 22.0. The fourth-order valence-electron chi connectivity index (χ4n) is 3.91.